The molecule has 6 nitrogen and oxygen atoms in total. The topological polar surface area (TPSA) is 76.5 Å². The highest BCUT2D eigenvalue weighted by Gasteiger charge is 2.45. The second-order valence-corrected chi connectivity index (χ2v) is 7.83. The molecule has 3 heterocycles. The van der Waals surface area contributed by atoms with Gasteiger partial charge in [0, 0.05) is 18.3 Å². The fourth-order valence-corrected chi connectivity index (χ4v) is 4.33. The quantitative estimate of drug-likeness (QED) is 0.520. The van der Waals surface area contributed by atoms with Gasteiger partial charge in [-0.15, -0.1) is 0 Å². The summed E-state index contributed by atoms with van der Waals surface area (Å²) in [6.45, 7) is 2.11. The predicted molar refractivity (Wildman–Crippen MR) is 112 cm³/mol. The van der Waals surface area contributed by atoms with Crippen LogP contribution in [-0.2, 0) is 18.3 Å². The number of halogens is 3. The number of aromatic nitrogens is 3. The molecule has 0 saturated heterocycles. The molecule has 32 heavy (non-hydrogen) atoms. The minimum Gasteiger partial charge on any atom is -0.381 e. The molecule has 2 aromatic heterocycles. The molecule has 0 bridgehead atoms. The molecule has 0 saturated carbocycles. The number of nitrogen functional groups attached to an aromatic ring is 1. The highest BCUT2D eigenvalue weighted by atomic mass is 19.4. The van der Waals surface area contributed by atoms with Crippen molar-refractivity contribution in [2.45, 2.75) is 25.2 Å². The number of alkyl halides is 3. The summed E-state index contributed by atoms with van der Waals surface area (Å²) in [5.41, 5.74) is 6.18. The number of imidazole rings is 1. The smallest absolute Gasteiger partial charge is 0.381 e. The number of carbonyl (C=O) groups excluding carboxylic acids is 1. The van der Waals surface area contributed by atoms with E-state index in [1.807, 2.05) is 42.5 Å². The Morgan fingerprint density at radius 1 is 1.03 bits per heavy atom. The minimum absolute atomic E-state index is 0.0966. The Morgan fingerprint density at radius 3 is 2.41 bits per heavy atom. The van der Waals surface area contributed by atoms with Crippen molar-refractivity contribution in [2.24, 2.45) is 0 Å². The Kier molecular flexibility index (Phi) is 4.27. The zero-order valence-corrected chi connectivity index (χ0v) is 17.0. The van der Waals surface area contributed by atoms with Gasteiger partial charge in [-0.3, -0.25) is 9.20 Å². The van der Waals surface area contributed by atoms with E-state index in [1.54, 1.807) is 24.0 Å². The van der Waals surface area contributed by atoms with Crippen LogP contribution in [0.4, 0.5) is 19.0 Å². The maximum atomic E-state index is 13.5. The van der Waals surface area contributed by atoms with Crippen LogP contribution in [0.25, 0.3) is 5.65 Å². The molecular formula is C23H18F3N5O. The molecule has 1 atom stereocenters. The molecule has 0 spiro atoms. The number of rotatable bonds is 3. The molecule has 9 heteroatoms. The van der Waals surface area contributed by atoms with E-state index in [4.69, 9.17) is 5.73 Å². The number of benzene rings is 2. The molecule has 4 aromatic rings. The van der Waals surface area contributed by atoms with E-state index in [9.17, 15) is 18.0 Å². The van der Waals surface area contributed by atoms with Crippen molar-refractivity contribution in [2.75, 3.05) is 5.73 Å². The minimum atomic E-state index is -4.69. The van der Waals surface area contributed by atoms with Gasteiger partial charge in [-0.1, -0.05) is 48.5 Å². The van der Waals surface area contributed by atoms with Crippen molar-refractivity contribution in [1.29, 1.82) is 0 Å². The van der Waals surface area contributed by atoms with Gasteiger partial charge in [0.15, 0.2) is 17.2 Å². The first-order chi connectivity index (χ1) is 15.2. The number of amides is 1. The number of nitrogens with two attached hydrogens (primary N) is 1. The van der Waals surface area contributed by atoms with E-state index >= 15 is 0 Å². The van der Waals surface area contributed by atoms with Crippen molar-refractivity contribution >= 4 is 17.4 Å². The maximum Gasteiger partial charge on any atom is 0.434 e. The highest BCUT2D eigenvalue weighted by Crippen LogP contribution is 2.42. The van der Waals surface area contributed by atoms with Gasteiger partial charge < -0.3 is 10.6 Å². The summed E-state index contributed by atoms with van der Waals surface area (Å²) in [5.74, 6) is -0.544. The van der Waals surface area contributed by atoms with Crippen LogP contribution in [-0.4, -0.2) is 25.2 Å². The van der Waals surface area contributed by atoms with E-state index in [-0.39, 0.29) is 17.4 Å². The van der Waals surface area contributed by atoms with Gasteiger partial charge in [0.25, 0.3) is 5.91 Å². The van der Waals surface area contributed by atoms with Crippen LogP contribution in [0.1, 0.15) is 39.8 Å². The summed E-state index contributed by atoms with van der Waals surface area (Å²) in [7, 11) is 0. The average molecular weight is 437 g/mol. The molecule has 2 aromatic carbocycles. The molecule has 5 rings (SSSR count). The average Bonchev–Trinajstić information content (AvgIpc) is 3.36. The second kappa shape index (κ2) is 6.81. The summed E-state index contributed by atoms with van der Waals surface area (Å²) in [5, 5.41) is 0. The summed E-state index contributed by atoms with van der Waals surface area (Å²) in [6.07, 6.45) is -2.35. The summed E-state index contributed by atoms with van der Waals surface area (Å²) in [6, 6.07) is 16.4. The van der Waals surface area contributed by atoms with Gasteiger partial charge in [-0.25, -0.2) is 9.97 Å². The highest BCUT2D eigenvalue weighted by molar-refractivity contribution is 5.99. The SMILES string of the molecule is CC(c1ccccc1)(c1cnc2c(N)nc(C(F)(F)F)cn12)N1Cc2ccccc2C1=O. The van der Waals surface area contributed by atoms with Crippen LogP contribution in [0.15, 0.2) is 67.0 Å². The lowest BCUT2D eigenvalue weighted by Crippen LogP contribution is -2.45. The van der Waals surface area contributed by atoms with Crippen molar-refractivity contribution in [1.82, 2.24) is 19.3 Å². The van der Waals surface area contributed by atoms with Crippen LogP contribution in [0.2, 0.25) is 0 Å². The van der Waals surface area contributed by atoms with Crippen molar-refractivity contribution in [3.8, 4) is 0 Å². The summed E-state index contributed by atoms with van der Waals surface area (Å²) >= 11 is 0. The predicted octanol–water partition coefficient (Wildman–Crippen LogP) is 4.25. The fourth-order valence-electron chi connectivity index (χ4n) is 4.33. The molecule has 1 aliphatic heterocycles. The molecule has 162 valence electrons. The first-order valence-corrected chi connectivity index (χ1v) is 9.88. The largest absolute Gasteiger partial charge is 0.434 e. The third-order valence-corrected chi connectivity index (χ3v) is 6.00. The normalized spacial score (nSPS) is 15.8. The monoisotopic (exact) mass is 437 g/mol. The molecule has 0 fully saturated rings. The van der Waals surface area contributed by atoms with Gasteiger partial charge in [0.05, 0.1) is 11.9 Å². The number of hydrogen-bond donors (Lipinski definition) is 1. The van der Waals surface area contributed by atoms with Gasteiger partial charge in [-0.2, -0.15) is 13.2 Å². The molecular weight excluding hydrogens is 419 g/mol. The van der Waals surface area contributed by atoms with Crippen LogP contribution >= 0.6 is 0 Å². The number of hydrogen-bond acceptors (Lipinski definition) is 4. The third-order valence-electron chi connectivity index (χ3n) is 6.00. The Labute approximate surface area is 181 Å². The standard InChI is InChI=1S/C23H18F3N5O/c1-22(15-8-3-2-4-9-15,31-12-14-7-5-6-10-16(14)21(31)32)18-11-28-20-19(27)29-17(13-30(18)20)23(24,25)26/h2-11,13H,12H2,1H3,(H2,27,29). The number of fused-ring (bicyclic) bond motifs is 2. The van der Waals surface area contributed by atoms with Gasteiger partial charge in [0.2, 0.25) is 0 Å². The first-order valence-electron chi connectivity index (χ1n) is 9.88. The maximum absolute atomic E-state index is 13.5. The van der Waals surface area contributed by atoms with E-state index in [0.717, 1.165) is 17.3 Å². The number of nitrogens with zero attached hydrogens (tertiary/aromatic N) is 4. The summed E-state index contributed by atoms with van der Waals surface area (Å²) < 4.78 is 41.7. The van der Waals surface area contributed by atoms with E-state index in [1.165, 1.54) is 10.6 Å². The molecule has 1 amide bonds. The molecule has 0 radical (unpaired) electrons. The lowest BCUT2D eigenvalue weighted by molar-refractivity contribution is -0.141. The Hall–Kier alpha value is -3.88. The van der Waals surface area contributed by atoms with E-state index in [0.29, 0.717) is 17.8 Å². The van der Waals surface area contributed by atoms with Crippen LogP contribution in [0, 0.1) is 0 Å². The summed E-state index contributed by atoms with van der Waals surface area (Å²) in [4.78, 5) is 22.8. The first kappa shape index (κ1) is 20.0. The van der Waals surface area contributed by atoms with Crippen LogP contribution in [0.3, 0.4) is 0 Å². The second-order valence-electron chi connectivity index (χ2n) is 7.83. The van der Waals surface area contributed by atoms with Gasteiger partial charge in [0.1, 0.15) is 5.54 Å². The fraction of sp³-hybridized carbons (Fsp3) is 0.174. The molecule has 0 aliphatic carbocycles. The van der Waals surface area contributed by atoms with Crippen LogP contribution in [0.5, 0.6) is 0 Å². The number of carbonyl (C=O) groups is 1. The Balaban J connectivity index is 1.78. The molecule has 1 aliphatic rings. The Morgan fingerprint density at radius 2 is 1.72 bits per heavy atom. The number of anilines is 1. The zero-order valence-electron chi connectivity index (χ0n) is 17.0. The van der Waals surface area contributed by atoms with Crippen molar-refractivity contribution in [3.05, 3.63) is 95.1 Å². The van der Waals surface area contributed by atoms with E-state index < -0.39 is 17.4 Å². The lowest BCUT2D eigenvalue weighted by Gasteiger charge is -2.39. The molecule has 1 unspecified atom stereocenters. The molecule has 2 N–H and O–H groups in total. The van der Waals surface area contributed by atoms with Crippen LogP contribution < -0.4 is 5.73 Å². The lowest BCUT2D eigenvalue weighted by atomic mass is 9.86. The zero-order chi connectivity index (χ0) is 22.7. The Bertz CT molecular complexity index is 1350. The van der Waals surface area contributed by atoms with Crippen molar-refractivity contribution in [3.63, 3.8) is 0 Å². The van der Waals surface area contributed by atoms with Gasteiger partial charge in [-0.05, 0) is 24.1 Å². The third kappa shape index (κ3) is 2.84. The van der Waals surface area contributed by atoms with Crippen molar-refractivity contribution < 1.29 is 18.0 Å². The van der Waals surface area contributed by atoms with E-state index in [2.05, 4.69) is 9.97 Å². The van der Waals surface area contributed by atoms with Gasteiger partial charge >= 0.3 is 6.18 Å².